The van der Waals surface area contributed by atoms with Gasteiger partial charge in [0.2, 0.25) is 0 Å². The summed E-state index contributed by atoms with van der Waals surface area (Å²) in [6.45, 7) is 0. The molecule has 0 atom stereocenters. The van der Waals surface area contributed by atoms with Crippen molar-refractivity contribution in [3.8, 4) is 6.07 Å². The van der Waals surface area contributed by atoms with Crippen molar-refractivity contribution in [2.75, 3.05) is 0 Å². The zero-order valence-corrected chi connectivity index (χ0v) is 28.2. The predicted molar refractivity (Wildman–Crippen MR) is 182 cm³/mol. The second-order valence-electron chi connectivity index (χ2n) is 9.29. The number of nitriles is 1. The van der Waals surface area contributed by atoms with Gasteiger partial charge in [-0.3, -0.25) is 0 Å². The van der Waals surface area contributed by atoms with Gasteiger partial charge in [-0.05, 0) is 47.7 Å². The molecule has 6 rings (SSSR count). The average molecular weight is 815 g/mol. The van der Waals surface area contributed by atoms with E-state index in [1.165, 1.54) is 31.8 Å². The standard InChI is InChI=1S/2C18H15P.C2F3N.Pt/c2*1-4-10-16(11-5-1)19(17-12-6-2-7-13-17)18-14-8-3-9-15-18;3-2(4,5)1-6;/h2*1-15H;;. The van der Waals surface area contributed by atoms with Crippen LogP contribution in [0.5, 0.6) is 0 Å². The van der Waals surface area contributed by atoms with Crippen molar-refractivity contribution in [2.45, 2.75) is 6.18 Å². The van der Waals surface area contributed by atoms with Gasteiger partial charge in [-0.1, -0.05) is 182 Å². The van der Waals surface area contributed by atoms with Crippen LogP contribution in [0.3, 0.4) is 0 Å². The van der Waals surface area contributed by atoms with Gasteiger partial charge in [0.1, 0.15) is 0 Å². The number of rotatable bonds is 6. The third-order valence-electron chi connectivity index (χ3n) is 6.21. The van der Waals surface area contributed by atoms with Crippen LogP contribution in [-0.2, 0) is 21.1 Å². The summed E-state index contributed by atoms with van der Waals surface area (Å²) in [5, 5.41) is 15.4. The van der Waals surface area contributed by atoms with Crippen molar-refractivity contribution in [3.05, 3.63) is 182 Å². The SMILES string of the molecule is N#CC(F)(F)F.[Pt].c1ccc(P(c2ccccc2)c2ccccc2)cc1.c1ccc(P(c2ccccc2)c2ccccc2)cc1. The van der Waals surface area contributed by atoms with Crippen molar-refractivity contribution < 1.29 is 34.2 Å². The van der Waals surface area contributed by atoms with Crippen LogP contribution >= 0.6 is 15.8 Å². The molecule has 0 aromatic heterocycles. The molecule has 1 nitrogen and oxygen atoms in total. The summed E-state index contributed by atoms with van der Waals surface area (Å²) in [6.07, 6.45) is -4.65. The van der Waals surface area contributed by atoms with E-state index in [2.05, 4.69) is 182 Å². The Balaban J connectivity index is 0.000000205. The molecule has 0 amide bonds. The van der Waals surface area contributed by atoms with Gasteiger partial charge in [0.05, 0.1) is 0 Å². The summed E-state index contributed by atoms with van der Waals surface area (Å²) in [5.74, 6) is 0. The second kappa shape index (κ2) is 18.8. The molecule has 0 aliphatic carbocycles. The molecule has 0 bridgehead atoms. The average Bonchev–Trinajstić information content (AvgIpc) is 3.08. The Labute approximate surface area is 280 Å². The van der Waals surface area contributed by atoms with Crippen molar-refractivity contribution in [1.82, 2.24) is 0 Å². The summed E-state index contributed by atoms with van der Waals surface area (Å²) >= 11 is 0. The maximum atomic E-state index is 10.4. The summed E-state index contributed by atoms with van der Waals surface area (Å²) < 4.78 is 31.3. The molecule has 0 aliphatic heterocycles. The number of halogens is 3. The first kappa shape index (κ1) is 35.6. The Kier molecular flexibility index (Phi) is 14.9. The maximum Gasteiger partial charge on any atom is 0.483 e. The Bertz CT molecular complexity index is 1380. The van der Waals surface area contributed by atoms with Crippen LogP contribution < -0.4 is 31.8 Å². The molecule has 45 heavy (non-hydrogen) atoms. The van der Waals surface area contributed by atoms with Gasteiger partial charge < -0.3 is 0 Å². The molecule has 6 aromatic carbocycles. The fourth-order valence-electron chi connectivity index (χ4n) is 4.36. The molecule has 0 saturated heterocycles. The molecular weight excluding hydrogens is 784 g/mol. The minimum absolute atomic E-state index is 0. The summed E-state index contributed by atoms with van der Waals surface area (Å²) in [5.41, 5.74) is 0. The van der Waals surface area contributed by atoms with Crippen molar-refractivity contribution in [1.29, 1.82) is 5.26 Å². The molecule has 0 saturated carbocycles. The van der Waals surface area contributed by atoms with Gasteiger partial charge in [0, 0.05) is 21.1 Å². The van der Waals surface area contributed by atoms with Gasteiger partial charge in [-0.25, -0.2) is 0 Å². The smallest absolute Gasteiger partial charge is 0.188 e. The Morgan fingerprint density at radius 2 is 0.489 bits per heavy atom. The minimum Gasteiger partial charge on any atom is -0.188 e. The molecule has 0 unspecified atom stereocenters. The number of hydrogen-bond donors (Lipinski definition) is 0. The molecule has 7 heteroatoms. The second-order valence-corrected chi connectivity index (χ2v) is 13.7. The first-order valence-corrected chi connectivity index (χ1v) is 16.5. The minimum atomic E-state index is -4.65. The predicted octanol–water partition coefficient (Wildman–Crippen LogP) is 7.96. The van der Waals surface area contributed by atoms with E-state index in [0.29, 0.717) is 0 Å². The van der Waals surface area contributed by atoms with Crippen LogP contribution in [-0.4, -0.2) is 6.18 Å². The van der Waals surface area contributed by atoms with Crippen molar-refractivity contribution in [2.24, 2.45) is 0 Å². The molecule has 0 N–H and O–H groups in total. The Hall–Kier alpha value is -3.85. The number of hydrogen-bond acceptors (Lipinski definition) is 1. The summed E-state index contributed by atoms with van der Waals surface area (Å²) in [6, 6.07) is 64.8. The van der Waals surface area contributed by atoms with Crippen LogP contribution in [0.25, 0.3) is 0 Å². The van der Waals surface area contributed by atoms with Crippen LogP contribution in [0, 0.1) is 11.3 Å². The third kappa shape index (κ3) is 11.5. The quantitative estimate of drug-likeness (QED) is 0.157. The van der Waals surface area contributed by atoms with Crippen molar-refractivity contribution in [3.63, 3.8) is 0 Å². The Morgan fingerprint density at radius 3 is 0.600 bits per heavy atom. The van der Waals surface area contributed by atoms with E-state index in [9.17, 15) is 13.2 Å². The molecule has 0 aliphatic rings. The van der Waals surface area contributed by atoms with E-state index in [4.69, 9.17) is 5.26 Å². The largest absolute Gasteiger partial charge is 0.483 e. The van der Waals surface area contributed by atoms with Crippen LogP contribution in [0.1, 0.15) is 0 Å². The fraction of sp³-hybridized carbons (Fsp3) is 0.0263. The third-order valence-corrected chi connectivity index (χ3v) is 11.1. The molecule has 228 valence electrons. The van der Waals surface area contributed by atoms with Gasteiger partial charge in [0.25, 0.3) is 0 Å². The van der Waals surface area contributed by atoms with E-state index in [0.717, 1.165) is 0 Å². The summed E-state index contributed by atoms with van der Waals surface area (Å²) in [7, 11) is -0.892. The van der Waals surface area contributed by atoms with E-state index in [1.54, 1.807) is 0 Å². The maximum absolute atomic E-state index is 10.4. The first-order chi connectivity index (χ1) is 21.5. The molecule has 0 heterocycles. The molecular formula is C38H30F3NP2Pt. The van der Waals surface area contributed by atoms with Crippen molar-refractivity contribution >= 4 is 47.7 Å². The van der Waals surface area contributed by atoms with E-state index < -0.39 is 22.0 Å². The topological polar surface area (TPSA) is 23.8 Å². The first-order valence-electron chi connectivity index (χ1n) is 13.8. The number of benzene rings is 6. The molecule has 0 fully saturated rings. The Morgan fingerprint density at radius 1 is 0.356 bits per heavy atom. The van der Waals surface area contributed by atoms with Gasteiger partial charge in [-0.2, -0.15) is 18.4 Å². The van der Waals surface area contributed by atoms with Crippen LogP contribution in [0.4, 0.5) is 13.2 Å². The normalized spacial score (nSPS) is 10.3. The van der Waals surface area contributed by atoms with Gasteiger partial charge in [0.15, 0.2) is 6.07 Å². The van der Waals surface area contributed by atoms with E-state index in [-0.39, 0.29) is 27.1 Å². The van der Waals surface area contributed by atoms with Gasteiger partial charge in [-0.15, -0.1) is 0 Å². The fourth-order valence-corrected chi connectivity index (χ4v) is 8.97. The van der Waals surface area contributed by atoms with Gasteiger partial charge >= 0.3 is 6.18 Å². The van der Waals surface area contributed by atoms with E-state index >= 15 is 0 Å². The monoisotopic (exact) mass is 814 g/mol. The molecule has 0 radical (unpaired) electrons. The molecule has 6 aromatic rings. The van der Waals surface area contributed by atoms with E-state index in [1.807, 2.05) is 0 Å². The van der Waals surface area contributed by atoms with Crippen LogP contribution in [0.15, 0.2) is 182 Å². The summed E-state index contributed by atoms with van der Waals surface area (Å²) in [4.78, 5) is 0. The zero-order valence-electron chi connectivity index (χ0n) is 24.1. The molecule has 0 spiro atoms. The number of alkyl halides is 3. The zero-order chi connectivity index (χ0) is 31.0. The number of nitrogens with zero attached hydrogens (tertiary/aromatic N) is 1. The van der Waals surface area contributed by atoms with Crippen LogP contribution in [0.2, 0.25) is 0 Å².